The maximum absolute atomic E-state index is 6.57. The molecule has 0 unspecified atom stereocenters. The fraction of sp³-hybridized carbons (Fsp3) is 1.00. The van der Waals surface area contributed by atoms with Crippen LogP contribution in [-0.2, 0) is 56.8 Å². The van der Waals surface area contributed by atoms with E-state index < -0.39 is 6.69 Å². The highest BCUT2D eigenvalue weighted by atomic mass is 35.7. The minimum atomic E-state index is -2.28. The Morgan fingerprint density at radius 1 is 0.302 bits per heavy atom. The summed E-state index contributed by atoms with van der Waals surface area (Å²) in [5, 5.41) is 0. The van der Waals surface area contributed by atoms with Gasteiger partial charge in [-0.3, -0.25) is 0 Å². The van der Waals surface area contributed by atoms with Gasteiger partial charge in [-0.1, -0.05) is 0 Å². The fourth-order valence-corrected chi connectivity index (χ4v) is 6.42. The Kier molecular flexibility index (Phi) is 37.1. The maximum Gasteiger partial charge on any atom is 0.251 e. The SMILES string of the molecule is COCCOCCOCCOCCOCCOCCC[Si](Cl)(Cl)CCCOCCOCCOCCOCCOCCOC. The topological polar surface area (TPSA) is 111 Å². The number of rotatable bonds is 38. The van der Waals surface area contributed by atoms with Crippen LogP contribution >= 0.6 is 22.2 Å². The summed E-state index contributed by atoms with van der Waals surface area (Å²) in [5.74, 6) is 0. The van der Waals surface area contributed by atoms with E-state index in [-0.39, 0.29) is 0 Å². The molecule has 0 aliphatic heterocycles. The molecule has 0 aromatic rings. The lowest BCUT2D eigenvalue weighted by molar-refractivity contribution is -0.0146. The van der Waals surface area contributed by atoms with Gasteiger partial charge in [-0.2, -0.15) is 0 Å². The van der Waals surface area contributed by atoms with Gasteiger partial charge < -0.3 is 56.8 Å². The van der Waals surface area contributed by atoms with Gasteiger partial charge in [-0.25, -0.2) is 0 Å². The monoisotopic (exact) mass is 684 g/mol. The van der Waals surface area contributed by atoms with Crippen molar-refractivity contribution in [2.24, 2.45) is 0 Å². The van der Waals surface area contributed by atoms with Crippen molar-refractivity contribution < 1.29 is 56.8 Å². The quantitative estimate of drug-likeness (QED) is 0.0541. The number of methoxy groups -OCH3 is 2. The normalized spacial score (nSPS) is 12.0. The van der Waals surface area contributed by atoms with Crippen molar-refractivity contribution in [1.29, 1.82) is 0 Å². The first-order valence-electron chi connectivity index (χ1n) is 15.3. The Morgan fingerprint density at radius 2 is 0.488 bits per heavy atom. The summed E-state index contributed by atoms with van der Waals surface area (Å²) in [5.41, 5.74) is 0. The maximum atomic E-state index is 6.57. The van der Waals surface area contributed by atoms with Crippen molar-refractivity contribution in [1.82, 2.24) is 0 Å². The lowest BCUT2D eigenvalue weighted by Gasteiger charge is -2.16. The molecule has 0 spiro atoms. The Balaban J connectivity index is 3.25. The van der Waals surface area contributed by atoms with Gasteiger partial charge in [0, 0.05) is 27.4 Å². The molecular weight excluding hydrogens is 627 g/mol. The first-order valence-corrected chi connectivity index (χ1v) is 19.7. The van der Waals surface area contributed by atoms with E-state index in [9.17, 15) is 0 Å². The van der Waals surface area contributed by atoms with Crippen molar-refractivity contribution in [3.8, 4) is 0 Å². The summed E-state index contributed by atoms with van der Waals surface area (Å²) >= 11 is 13.1. The van der Waals surface area contributed by atoms with Crippen molar-refractivity contribution in [3.05, 3.63) is 0 Å². The second-order valence-electron chi connectivity index (χ2n) is 9.17. The summed E-state index contributed by atoms with van der Waals surface area (Å²) in [7, 11) is 3.29. The molecule has 15 heteroatoms. The molecule has 0 aliphatic carbocycles. The van der Waals surface area contributed by atoms with E-state index in [1.165, 1.54) is 0 Å². The third kappa shape index (κ3) is 38.4. The molecule has 0 aromatic carbocycles. The number of hydrogen-bond acceptors (Lipinski definition) is 12. The van der Waals surface area contributed by atoms with Crippen molar-refractivity contribution >= 4 is 28.9 Å². The van der Waals surface area contributed by atoms with Gasteiger partial charge in [-0.05, 0) is 24.9 Å². The molecule has 0 atom stereocenters. The zero-order valence-electron chi connectivity index (χ0n) is 26.5. The fourth-order valence-electron chi connectivity index (χ4n) is 3.24. The van der Waals surface area contributed by atoms with E-state index in [0.29, 0.717) is 145 Å². The Labute approximate surface area is 269 Å². The average Bonchev–Trinajstić information content (AvgIpc) is 3.00. The molecule has 0 aliphatic rings. The predicted octanol–water partition coefficient (Wildman–Crippen LogP) is 3.15. The summed E-state index contributed by atoms with van der Waals surface area (Å²) in [6, 6.07) is 1.59. The summed E-state index contributed by atoms with van der Waals surface area (Å²) in [6.07, 6.45) is 1.68. The lowest BCUT2D eigenvalue weighted by Crippen LogP contribution is -2.20. The van der Waals surface area contributed by atoms with Gasteiger partial charge in [0.2, 0.25) is 0 Å². The highest BCUT2D eigenvalue weighted by Crippen LogP contribution is 2.28. The molecule has 0 heterocycles. The van der Waals surface area contributed by atoms with Crippen molar-refractivity contribution in [2.75, 3.05) is 160 Å². The van der Waals surface area contributed by atoms with Crippen LogP contribution in [0.25, 0.3) is 0 Å². The smallest absolute Gasteiger partial charge is 0.251 e. The predicted molar refractivity (Wildman–Crippen MR) is 168 cm³/mol. The third-order valence-corrected chi connectivity index (χ3v) is 9.94. The molecule has 0 rings (SSSR count). The van der Waals surface area contributed by atoms with Crippen LogP contribution in [0.15, 0.2) is 0 Å². The van der Waals surface area contributed by atoms with Gasteiger partial charge in [0.15, 0.2) is 0 Å². The molecule has 0 bridgehead atoms. The van der Waals surface area contributed by atoms with E-state index in [2.05, 4.69) is 0 Å². The van der Waals surface area contributed by atoms with Crippen LogP contribution in [-0.4, -0.2) is 166 Å². The van der Waals surface area contributed by atoms with Gasteiger partial charge in [0.1, 0.15) is 0 Å². The van der Waals surface area contributed by atoms with Crippen molar-refractivity contribution in [2.45, 2.75) is 24.9 Å². The molecular formula is C28H58Cl2O12Si. The third-order valence-electron chi connectivity index (χ3n) is 5.50. The largest absolute Gasteiger partial charge is 0.382 e. The van der Waals surface area contributed by atoms with Crippen LogP contribution in [0, 0.1) is 0 Å². The highest BCUT2D eigenvalue weighted by Gasteiger charge is 2.27. The zero-order valence-corrected chi connectivity index (χ0v) is 29.1. The van der Waals surface area contributed by atoms with E-state index in [4.69, 9.17) is 79.0 Å². The molecule has 260 valence electrons. The van der Waals surface area contributed by atoms with Gasteiger partial charge in [0.25, 0.3) is 6.69 Å². The van der Waals surface area contributed by atoms with Crippen LogP contribution in [0.5, 0.6) is 0 Å². The summed E-state index contributed by atoms with van der Waals surface area (Å²) in [4.78, 5) is 0. The van der Waals surface area contributed by atoms with E-state index in [1.807, 2.05) is 0 Å². The van der Waals surface area contributed by atoms with Crippen LogP contribution in [0.1, 0.15) is 12.8 Å². The minimum absolute atomic E-state index is 0.523. The van der Waals surface area contributed by atoms with E-state index >= 15 is 0 Å². The standard InChI is InChI=1S/C28H58Cl2O12Si/c1-31-7-9-35-15-17-39-23-25-41-21-19-37-13-11-33-5-3-27-43(29,30)28-4-6-34-12-14-38-20-22-42-26-24-40-18-16-36-10-8-32-2/h3-28H2,1-2H3. The summed E-state index contributed by atoms with van der Waals surface area (Å²) < 4.78 is 64.4. The molecule has 43 heavy (non-hydrogen) atoms. The molecule has 0 saturated carbocycles. The zero-order chi connectivity index (χ0) is 31.4. The molecule has 0 N–H and O–H groups in total. The van der Waals surface area contributed by atoms with Crippen LogP contribution in [0.4, 0.5) is 0 Å². The van der Waals surface area contributed by atoms with Crippen LogP contribution in [0.3, 0.4) is 0 Å². The average molecular weight is 686 g/mol. The second kappa shape index (κ2) is 36.8. The summed E-state index contributed by atoms with van der Waals surface area (Å²) in [6.45, 7) is 9.87. The lowest BCUT2D eigenvalue weighted by atomic mass is 10.5. The van der Waals surface area contributed by atoms with Crippen LogP contribution in [0.2, 0.25) is 12.1 Å². The Hall–Kier alpha value is 0.317. The van der Waals surface area contributed by atoms with Gasteiger partial charge in [-0.15, -0.1) is 22.2 Å². The Morgan fingerprint density at radius 3 is 0.698 bits per heavy atom. The molecule has 0 radical (unpaired) electrons. The molecule has 12 nitrogen and oxygen atoms in total. The minimum Gasteiger partial charge on any atom is -0.382 e. The van der Waals surface area contributed by atoms with Crippen molar-refractivity contribution in [3.63, 3.8) is 0 Å². The van der Waals surface area contributed by atoms with E-state index in [0.717, 1.165) is 24.9 Å². The first-order chi connectivity index (χ1) is 21.1. The second-order valence-corrected chi connectivity index (χ2v) is 16.8. The van der Waals surface area contributed by atoms with E-state index in [1.54, 1.807) is 14.2 Å². The van der Waals surface area contributed by atoms with Gasteiger partial charge >= 0.3 is 0 Å². The molecule has 0 fully saturated rings. The Bertz CT molecular complexity index is 488. The number of hydrogen-bond donors (Lipinski definition) is 0. The molecule has 0 aromatic heterocycles. The number of halogens is 2. The van der Waals surface area contributed by atoms with Gasteiger partial charge in [0.05, 0.1) is 132 Å². The molecule has 0 saturated heterocycles. The number of ether oxygens (including phenoxy) is 12. The highest BCUT2D eigenvalue weighted by molar-refractivity contribution is 7.45. The van der Waals surface area contributed by atoms with Crippen LogP contribution < -0.4 is 0 Å². The first kappa shape index (κ1) is 43.3. The molecule has 0 amide bonds.